The van der Waals surface area contributed by atoms with E-state index in [0.717, 1.165) is 13.0 Å². The molecule has 0 aromatic heterocycles. The number of hydrogen-bond donors (Lipinski definition) is 1. The largest absolute Gasteiger partial charge is 0.481 e. The molecule has 2 amide bonds. The van der Waals surface area contributed by atoms with Crippen molar-refractivity contribution < 1.29 is 14.7 Å². The number of urea groups is 1. The number of carboxylic acids is 1. The second-order valence-corrected chi connectivity index (χ2v) is 5.90. The Hall–Kier alpha value is -1.52. The SMILES string of the molecule is CC1=CCCN(C(=O)N2CCC(C)(C(=O)O)CC2)C1. The minimum atomic E-state index is -0.753. The molecular formula is C14H22N2O3. The molecule has 0 atom stereocenters. The maximum atomic E-state index is 12.4. The lowest BCUT2D eigenvalue weighted by atomic mass is 9.80. The van der Waals surface area contributed by atoms with Gasteiger partial charge in [0.25, 0.3) is 0 Å². The van der Waals surface area contributed by atoms with Gasteiger partial charge in [0.1, 0.15) is 0 Å². The van der Waals surface area contributed by atoms with Crippen molar-refractivity contribution in [3.8, 4) is 0 Å². The van der Waals surface area contributed by atoms with Gasteiger partial charge < -0.3 is 14.9 Å². The molecule has 1 N–H and O–H groups in total. The normalized spacial score (nSPS) is 22.9. The molecule has 0 radical (unpaired) electrons. The summed E-state index contributed by atoms with van der Waals surface area (Å²) in [4.78, 5) is 27.2. The summed E-state index contributed by atoms with van der Waals surface area (Å²) >= 11 is 0. The van der Waals surface area contributed by atoms with Gasteiger partial charge in [0.05, 0.1) is 5.41 Å². The first kappa shape index (κ1) is 13.9. The predicted octanol–water partition coefficient (Wildman–Crippen LogP) is 1.95. The number of likely N-dealkylation sites (tertiary alicyclic amines) is 1. The van der Waals surface area contributed by atoms with Crippen molar-refractivity contribution in [1.29, 1.82) is 0 Å². The summed E-state index contributed by atoms with van der Waals surface area (Å²) in [5.41, 5.74) is 0.557. The van der Waals surface area contributed by atoms with Crippen LogP contribution >= 0.6 is 0 Å². The summed E-state index contributed by atoms with van der Waals surface area (Å²) < 4.78 is 0. The zero-order valence-electron chi connectivity index (χ0n) is 11.7. The van der Waals surface area contributed by atoms with Crippen molar-refractivity contribution in [3.63, 3.8) is 0 Å². The van der Waals surface area contributed by atoms with Crippen molar-refractivity contribution >= 4 is 12.0 Å². The van der Waals surface area contributed by atoms with E-state index < -0.39 is 11.4 Å². The Bertz CT molecular complexity index is 409. The molecule has 0 aliphatic carbocycles. The van der Waals surface area contributed by atoms with Crippen LogP contribution in [0.15, 0.2) is 11.6 Å². The highest BCUT2D eigenvalue weighted by Crippen LogP contribution is 2.31. The van der Waals surface area contributed by atoms with E-state index in [9.17, 15) is 14.7 Å². The molecule has 1 fully saturated rings. The maximum absolute atomic E-state index is 12.4. The van der Waals surface area contributed by atoms with E-state index >= 15 is 0 Å². The summed E-state index contributed by atoms with van der Waals surface area (Å²) in [5.74, 6) is -0.753. The number of nitrogens with zero attached hydrogens (tertiary/aromatic N) is 2. The van der Waals surface area contributed by atoms with Crippen LogP contribution in [0.25, 0.3) is 0 Å². The van der Waals surface area contributed by atoms with Crippen molar-refractivity contribution in [3.05, 3.63) is 11.6 Å². The Morgan fingerprint density at radius 3 is 2.37 bits per heavy atom. The number of carbonyl (C=O) groups excluding carboxylic acids is 1. The van der Waals surface area contributed by atoms with Crippen LogP contribution in [0.1, 0.15) is 33.1 Å². The first-order valence-corrected chi connectivity index (χ1v) is 6.85. The van der Waals surface area contributed by atoms with Gasteiger partial charge in [0, 0.05) is 26.2 Å². The first-order chi connectivity index (χ1) is 8.92. The van der Waals surface area contributed by atoms with Gasteiger partial charge in [0.2, 0.25) is 0 Å². The van der Waals surface area contributed by atoms with E-state index in [1.54, 1.807) is 11.8 Å². The molecule has 0 unspecified atom stereocenters. The number of rotatable bonds is 1. The van der Waals surface area contributed by atoms with Crippen LogP contribution in [0.5, 0.6) is 0 Å². The molecule has 2 aliphatic rings. The van der Waals surface area contributed by atoms with E-state index in [1.807, 2.05) is 11.8 Å². The van der Waals surface area contributed by atoms with Gasteiger partial charge in [-0.2, -0.15) is 0 Å². The lowest BCUT2D eigenvalue weighted by molar-refractivity contribution is -0.150. The number of carboxylic acid groups (broad SMARTS) is 1. The Morgan fingerprint density at radius 2 is 1.84 bits per heavy atom. The number of hydrogen-bond acceptors (Lipinski definition) is 2. The van der Waals surface area contributed by atoms with Gasteiger partial charge in [0.15, 0.2) is 0 Å². The minimum absolute atomic E-state index is 0.0555. The van der Waals surface area contributed by atoms with Crippen molar-refractivity contribution in [2.24, 2.45) is 5.41 Å². The van der Waals surface area contributed by atoms with Crippen LogP contribution in [-0.2, 0) is 4.79 Å². The van der Waals surface area contributed by atoms with E-state index in [4.69, 9.17) is 0 Å². The zero-order valence-corrected chi connectivity index (χ0v) is 11.7. The Labute approximate surface area is 113 Å². The fraction of sp³-hybridized carbons (Fsp3) is 0.714. The van der Waals surface area contributed by atoms with Crippen LogP contribution in [0.4, 0.5) is 4.79 Å². The molecule has 106 valence electrons. The van der Waals surface area contributed by atoms with Gasteiger partial charge in [-0.3, -0.25) is 4.79 Å². The quantitative estimate of drug-likeness (QED) is 0.738. The number of carbonyl (C=O) groups is 2. The van der Waals surface area contributed by atoms with Crippen LogP contribution in [0, 0.1) is 5.41 Å². The molecule has 19 heavy (non-hydrogen) atoms. The highest BCUT2D eigenvalue weighted by Gasteiger charge is 2.38. The fourth-order valence-electron chi connectivity index (χ4n) is 2.68. The molecule has 2 aliphatic heterocycles. The Morgan fingerprint density at radius 1 is 1.21 bits per heavy atom. The van der Waals surface area contributed by atoms with Crippen molar-refractivity contribution in [1.82, 2.24) is 9.80 Å². The molecule has 1 saturated heterocycles. The predicted molar refractivity (Wildman–Crippen MR) is 71.9 cm³/mol. The van der Waals surface area contributed by atoms with E-state index in [0.29, 0.717) is 32.5 Å². The molecule has 0 saturated carbocycles. The zero-order chi connectivity index (χ0) is 14.0. The summed E-state index contributed by atoms with van der Waals surface area (Å²) in [6.07, 6.45) is 4.16. The molecular weight excluding hydrogens is 244 g/mol. The fourth-order valence-corrected chi connectivity index (χ4v) is 2.68. The first-order valence-electron chi connectivity index (χ1n) is 6.85. The third-order valence-electron chi connectivity index (χ3n) is 4.26. The van der Waals surface area contributed by atoms with E-state index in [-0.39, 0.29) is 6.03 Å². The molecule has 5 heteroatoms. The maximum Gasteiger partial charge on any atom is 0.320 e. The number of amides is 2. The van der Waals surface area contributed by atoms with Crippen LogP contribution in [0.2, 0.25) is 0 Å². The van der Waals surface area contributed by atoms with Gasteiger partial charge in [-0.05, 0) is 33.1 Å². The monoisotopic (exact) mass is 266 g/mol. The Kier molecular flexibility index (Phi) is 3.83. The summed E-state index contributed by atoms with van der Waals surface area (Å²) in [7, 11) is 0. The average Bonchev–Trinajstić information content (AvgIpc) is 2.38. The average molecular weight is 266 g/mol. The van der Waals surface area contributed by atoms with Crippen LogP contribution < -0.4 is 0 Å². The summed E-state index contributed by atoms with van der Waals surface area (Å²) in [6, 6.07) is 0.0555. The summed E-state index contributed by atoms with van der Waals surface area (Å²) in [6.45, 7) is 6.36. The van der Waals surface area contributed by atoms with Gasteiger partial charge in [-0.1, -0.05) is 11.6 Å². The molecule has 2 rings (SSSR count). The van der Waals surface area contributed by atoms with Gasteiger partial charge in [-0.15, -0.1) is 0 Å². The minimum Gasteiger partial charge on any atom is -0.481 e. The third kappa shape index (κ3) is 2.91. The molecule has 0 aromatic rings. The smallest absolute Gasteiger partial charge is 0.320 e. The van der Waals surface area contributed by atoms with Crippen LogP contribution in [0.3, 0.4) is 0 Å². The van der Waals surface area contributed by atoms with E-state index in [2.05, 4.69) is 6.08 Å². The highest BCUT2D eigenvalue weighted by atomic mass is 16.4. The second-order valence-electron chi connectivity index (χ2n) is 5.90. The van der Waals surface area contributed by atoms with E-state index in [1.165, 1.54) is 5.57 Å². The second kappa shape index (κ2) is 5.23. The number of piperidine rings is 1. The molecule has 2 heterocycles. The summed E-state index contributed by atoms with van der Waals surface area (Å²) in [5, 5.41) is 9.18. The van der Waals surface area contributed by atoms with Crippen molar-refractivity contribution in [2.45, 2.75) is 33.1 Å². The lowest BCUT2D eigenvalue weighted by Gasteiger charge is -2.39. The van der Waals surface area contributed by atoms with Gasteiger partial charge in [-0.25, -0.2) is 4.79 Å². The van der Waals surface area contributed by atoms with Crippen molar-refractivity contribution in [2.75, 3.05) is 26.2 Å². The van der Waals surface area contributed by atoms with Gasteiger partial charge >= 0.3 is 12.0 Å². The topological polar surface area (TPSA) is 60.9 Å². The number of aliphatic carboxylic acids is 1. The highest BCUT2D eigenvalue weighted by molar-refractivity contribution is 5.77. The molecule has 0 spiro atoms. The lowest BCUT2D eigenvalue weighted by Crippen LogP contribution is -2.51. The Balaban J connectivity index is 1.93. The van der Waals surface area contributed by atoms with Crippen LogP contribution in [-0.4, -0.2) is 53.1 Å². The standard InChI is InChI=1S/C14H22N2O3/c1-11-4-3-7-16(10-11)13(19)15-8-5-14(2,6-9-15)12(17)18/h4H,3,5-10H2,1-2H3,(H,17,18). The molecule has 0 aromatic carbocycles. The molecule has 5 nitrogen and oxygen atoms in total. The molecule has 0 bridgehead atoms. The third-order valence-corrected chi connectivity index (χ3v) is 4.26.